The van der Waals surface area contributed by atoms with Gasteiger partial charge >= 0.3 is 0 Å². The van der Waals surface area contributed by atoms with Crippen LogP contribution < -0.4 is 5.73 Å². The van der Waals surface area contributed by atoms with Gasteiger partial charge in [0.05, 0.1) is 10.7 Å². The van der Waals surface area contributed by atoms with Gasteiger partial charge in [-0.15, -0.1) is 11.8 Å². The molecular formula is C13H17N3O3S. The first-order chi connectivity index (χ1) is 9.56. The molecule has 2 rings (SSSR count). The van der Waals surface area contributed by atoms with Gasteiger partial charge in [0.15, 0.2) is 0 Å². The summed E-state index contributed by atoms with van der Waals surface area (Å²) in [4.78, 5) is 24.8. The van der Waals surface area contributed by atoms with Crippen LogP contribution in [0.5, 0.6) is 0 Å². The van der Waals surface area contributed by atoms with E-state index >= 15 is 0 Å². The predicted octanol–water partition coefficient (Wildman–Crippen LogP) is 1.64. The van der Waals surface area contributed by atoms with Gasteiger partial charge in [-0.1, -0.05) is 0 Å². The van der Waals surface area contributed by atoms with Gasteiger partial charge in [-0.05, 0) is 25.0 Å². The van der Waals surface area contributed by atoms with Crippen molar-refractivity contribution in [2.45, 2.75) is 23.8 Å². The van der Waals surface area contributed by atoms with Gasteiger partial charge in [0.1, 0.15) is 0 Å². The van der Waals surface area contributed by atoms with Crippen molar-refractivity contribution >= 4 is 23.4 Å². The highest BCUT2D eigenvalue weighted by Gasteiger charge is 2.21. The van der Waals surface area contributed by atoms with Crippen LogP contribution in [0.4, 0.5) is 5.69 Å². The number of amides is 1. The topological polar surface area (TPSA) is 89.5 Å². The number of piperidine rings is 1. The Morgan fingerprint density at radius 1 is 1.45 bits per heavy atom. The molecule has 1 aliphatic heterocycles. The van der Waals surface area contributed by atoms with Gasteiger partial charge in [0.25, 0.3) is 5.69 Å². The molecule has 0 aliphatic carbocycles. The number of nitro benzene ring substituents is 1. The van der Waals surface area contributed by atoms with Crippen molar-refractivity contribution in [3.8, 4) is 0 Å². The lowest BCUT2D eigenvalue weighted by molar-refractivity contribution is -0.384. The summed E-state index contributed by atoms with van der Waals surface area (Å²) in [5.41, 5.74) is 5.91. The number of nitro groups is 1. The largest absolute Gasteiger partial charge is 0.340 e. The molecule has 108 valence electrons. The molecule has 1 aliphatic rings. The van der Waals surface area contributed by atoms with Gasteiger partial charge in [-0.2, -0.15) is 0 Å². The van der Waals surface area contributed by atoms with Gasteiger partial charge in [-0.25, -0.2) is 0 Å². The maximum Gasteiger partial charge on any atom is 0.269 e. The van der Waals surface area contributed by atoms with Crippen LogP contribution in [-0.4, -0.2) is 40.6 Å². The molecule has 0 spiro atoms. The molecule has 1 aromatic carbocycles. The Kier molecular flexibility index (Phi) is 4.97. The summed E-state index contributed by atoms with van der Waals surface area (Å²) in [5.74, 6) is 0.411. The number of hydrogen-bond acceptors (Lipinski definition) is 5. The van der Waals surface area contributed by atoms with E-state index in [9.17, 15) is 14.9 Å². The molecule has 0 bridgehead atoms. The number of rotatable bonds is 4. The lowest BCUT2D eigenvalue weighted by Gasteiger charge is -2.30. The minimum atomic E-state index is -0.436. The fraction of sp³-hybridized carbons (Fsp3) is 0.462. The number of non-ortho nitro benzene ring substituents is 1. The molecule has 0 saturated carbocycles. The van der Waals surface area contributed by atoms with Gasteiger partial charge < -0.3 is 10.6 Å². The molecule has 1 aromatic rings. The van der Waals surface area contributed by atoms with Gasteiger partial charge in [0.2, 0.25) is 5.91 Å². The van der Waals surface area contributed by atoms with Crippen molar-refractivity contribution in [3.63, 3.8) is 0 Å². The normalized spacial score (nSPS) is 18.9. The van der Waals surface area contributed by atoms with Gasteiger partial charge in [-0.3, -0.25) is 14.9 Å². The van der Waals surface area contributed by atoms with Crippen molar-refractivity contribution in [2.75, 3.05) is 18.8 Å². The molecule has 7 heteroatoms. The molecule has 1 saturated heterocycles. The second kappa shape index (κ2) is 6.71. The number of benzene rings is 1. The first kappa shape index (κ1) is 14.8. The van der Waals surface area contributed by atoms with Crippen LogP contribution in [0.1, 0.15) is 12.8 Å². The maximum absolute atomic E-state index is 12.0. The second-order valence-electron chi connectivity index (χ2n) is 4.78. The predicted molar refractivity (Wildman–Crippen MR) is 77.6 cm³/mol. The molecule has 1 unspecified atom stereocenters. The number of thioether (sulfide) groups is 1. The zero-order valence-corrected chi connectivity index (χ0v) is 11.8. The first-order valence-corrected chi connectivity index (χ1v) is 7.45. The fourth-order valence-electron chi connectivity index (χ4n) is 2.14. The lowest BCUT2D eigenvalue weighted by Crippen LogP contribution is -2.46. The Labute approximate surface area is 121 Å². The SMILES string of the molecule is NC1CCCN(C(=O)CSc2ccc([N+](=O)[O-])cc2)C1. The summed E-state index contributed by atoms with van der Waals surface area (Å²) >= 11 is 1.39. The Bertz CT molecular complexity index is 492. The summed E-state index contributed by atoms with van der Waals surface area (Å²) in [6.07, 6.45) is 1.92. The summed E-state index contributed by atoms with van der Waals surface area (Å²) in [6.45, 7) is 1.40. The summed E-state index contributed by atoms with van der Waals surface area (Å²) in [6, 6.07) is 6.31. The Balaban J connectivity index is 1.85. The summed E-state index contributed by atoms with van der Waals surface area (Å²) < 4.78 is 0. The van der Waals surface area contributed by atoms with E-state index in [1.807, 2.05) is 0 Å². The van der Waals surface area contributed by atoms with Crippen LogP contribution in [0.25, 0.3) is 0 Å². The number of carbonyl (C=O) groups is 1. The molecule has 0 radical (unpaired) electrons. The van der Waals surface area contributed by atoms with Crippen molar-refractivity contribution in [2.24, 2.45) is 5.73 Å². The number of likely N-dealkylation sites (tertiary alicyclic amines) is 1. The summed E-state index contributed by atoms with van der Waals surface area (Å²) in [7, 11) is 0. The van der Waals surface area contributed by atoms with Crippen LogP contribution in [0, 0.1) is 10.1 Å². The molecule has 2 N–H and O–H groups in total. The second-order valence-corrected chi connectivity index (χ2v) is 5.83. The monoisotopic (exact) mass is 295 g/mol. The number of nitrogens with two attached hydrogens (primary N) is 1. The molecule has 1 heterocycles. The van der Waals surface area contributed by atoms with E-state index in [2.05, 4.69) is 0 Å². The number of nitrogens with zero attached hydrogens (tertiary/aromatic N) is 2. The third kappa shape index (κ3) is 3.94. The summed E-state index contributed by atoms with van der Waals surface area (Å²) in [5, 5.41) is 10.5. The Hall–Kier alpha value is -1.60. The lowest BCUT2D eigenvalue weighted by atomic mass is 10.1. The maximum atomic E-state index is 12.0. The van der Waals surface area contributed by atoms with Crippen LogP contribution in [0.15, 0.2) is 29.2 Å². The minimum Gasteiger partial charge on any atom is -0.340 e. The molecule has 1 atom stereocenters. The number of carbonyl (C=O) groups excluding carboxylic acids is 1. The fourth-order valence-corrected chi connectivity index (χ4v) is 2.94. The zero-order valence-electron chi connectivity index (χ0n) is 11.0. The molecule has 6 nitrogen and oxygen atoms in total. The molecule has 0 aromatic heterocycles. The van der Waals surface area contributed by atoms with E-state index in [-0.39, 0.29) is 17.6 Å². The highest BCUT2D eigenvalue weighted by Crippen LogP contribution is 2.22. The van der Waals surface area contributed by atoms with Gasteiger partial charge in [0, 0.05) is 36.2 Å². The Morgan fingerprint density at radius 3 is 2.75 bits per heavy atom. The smallest absolute Gasteiger partial charge is 0.269 e. The minimum absolute atomic E-state index is 0.0580. The van der Waals surface area contributed by atoms with Crippen molar-refractivity contribution in [3.05, 3.63) is 34.4 Å². The van der Waals surface area contributed by atoms with E-state index in [1.165, 1.54) is 23.9 Å². The third-order valence-electron chi connectivity index (χ3n) is 3.22. The first-order valence-electron chi connectivity index (χ1n) is 6.47. The highest BCUT2D eigenvalue weighted by atomic mass is 32.2. The van der Waals surface area contributed by atoms with E-state index < -0.39 is 4.92 Å². The molecule has 20 heavy (non-hydrogen) atoms. The van der Waals surface area contributed by atoms with Crippen LogP contribution in [0.3, 0.4) is 0 Å². The average molecular weight is 295 g/mol. The van der Waals surface area contributed by atoms with Crippen LogP contribution >= 0.6 is 11.8 Å². The molecule has 1 fully saturated rings. The zero-order chi connectivity index (χ0) is 14.5. The van der Waals surface area contributed by atoms with E-state index in [0.717, 1.165) is 24.3 Å². The third-order valence-corrected chi connectivity index (χ3v) is 4.22. The molecule has 1 amide bonds. The van der Waals surface area contributed by atoms with E-state index in [0.29, 0.717) is 12.3 Å². The Morgan fingerprint density at radius 2 is 2.15 bits per heavy atom. The van der Waals surface area contributed by atoms with Crippen molar-refractivity contribution in [1.82, 2.24) is 4.90 Å². The number of hydrogen-bond donors (Lipinski definition) is 1. The molecular weight excluding hydrogens is 278 g/mol. The van der Waals surface area contributed by atoms with E-state index in [1.54, 1.807) is 17.0 Å². The highest BCUT2D eigenvalue weighted by molar-refractivity contribution is 8.00. The van der Waals surface area contributed by atoms with Crippen molar-refractivity contribution < 1.29 is 9.72 Å². The van der Waals surface area contributed by atoms with Crippen LogP contribution in [0.2, 0.25) is 0 Å². The van der Waals surface area contributed by atoms with Crippen molar-refractivity contribution in [1.29, 1.82) is 0 Å². The van der Waals surface area contributed by atoms with E-state index in [4.69, 9.17) is 5.73 Å². The standard InChI is InChI=1S/C13H17N3O3S/c14-10-2-1-7-15(8-10)13(17)9-20-12-5-3-11(4-6-12)16(18)19/h3-6,10H,1-2,7-9,14H2. The average Bonchev–Trinajstić information content (AvgIpc) is 2.45. The van der Waals surface area contributed by atoms with Crippen LogP contribution in [-0.2, 0) is 4.79 Å². The quantitative estimate of drug-likeness (QED) is 0.518.